The molecule has 0 aromatic carbocycles. The number of alkyl halides is 1. The summed E-state index contributed by atoms with van der Waals surface area (Å²) in [5.41, 5.74) is 0. The zero-order chi connectivity index (χ0) is 5.70. The summed E-state index contributed by atoms with van der Waals surface area (Å²) in [5, 5.41) is 1.36. The molecule has 2 heteroatoms. The van der Waals surface area contributed by atoms with Crippen LogP contribution in [0, 0.1) is 0 Å². The van der Waals surface area contributed by atoms with Crippen LogP contribution in [-0.2, 0) is 0 Å². The third-order valence-corrected chi connectivity index (χ3v) is 1.50. The summed E-state index contributed by atoms with van der Waals surface area (Å²) in [6, 6.07) is 0. The highest BCUT2D eigenvalue weighted by molar-refractivity contribution is 6.21. The lowest BCUT2D eigenvalue weighted by molar-refractivity contribution is 0.955. The molecule has 0 saturated carbocycles. The molecular weight excluding hydrogens is 124 g/mol. The van der Waals surface area contributed by atoms with Crippen LogP contribution in [0.5, 0.6) is 0 Å². The van der Waals surface area contributed by atoms with Gasteiger partial charge in [-0.1, -0.05) is 5.20 Å². The van der Waals surface area contributed by atoms with Gasteiger partial charge in [0.05, 0.1) is 0 Å². The molecule has 0 bridgehead atoms. The fraction of sp³-hybridized carbons (Fsp3) is 0.600. The molecule has 0 unspecified atom stereocenters. The molecule has 0 aromatic heterocycles. The highest BCUT2D eigenvalue weighted by atomic mass is 35.5. The molecule has 0 N–H and O–H groups in total. The lowest BCUT2D eigenvalue weighted by atomic mass is 10.3. The van der Waals surface area contributed by atoms with E-state index >= 15 is 0 Å². The number of hydrogen-bond acceptors (Lipinski definition) is 0. The summed E-state index contributed by atoms with van der Waals surface area (Å²) in [4.78, 5) is 0. The average Bonchev–Trinajstić information content (AvgIpc) is 1.61. The van der Waals surface area contributed by atoms with Gasteiger partial charge in [-0.05, 0) is 12.8 Å². The zero-order valence-corrected chi connectivity index (χ0v) is 7.46. The number of allylic oxidation sites excluding steroid dienone is 1. The van der Waals surface area contributed by atoms with Gasteiger partial charge in [-0.2, -0.15) is 0 Å². The maximum atomic E-state index is 5.42. The van der Waals surface area contributed by atoms with Gasteiger partial charge in [0, 0.05) is 16.1 Å². The Morgan fingerprint density at radius 3 is 2.43 bits per heavy atom. The molecule has 42 valence electrons. The minimum Gasteiger partial charge on any atom is -0.127 e. The van der Waals surface area contributed by atoms with Crippen LogP contribution in [0.1, 0.15) is 12.8 Å². The third-order valence-electron chi connectivity index (χ3n) is 0.737. The molecular formula is C5H11ClSi. The number of hydrogen-bond donors (Lipinski definition) is 0. The van der Waals surface area contributed by atoms with Crippen molar-refractivity contribution >= 4 is 21.8 Å². The van der Waals surface area contributed by atoms with Gasteiger partial charge in [-0.3, -0.25) is 0 Å². The molecule has 0 aliphatic carbocycles. The second-order valence-electron chi connectivity index (χ2n) is 1.75. The predicted octanol–water partition coefficient (Wildman–Crippen LogP) is 0.884. The average molecular weight is 135 g/mol. The number of rotatable bonds is 3. The van der Waals surface area contributed by atoms with E-state index in [9.17, 15) is 0 Å². The molecule has 0 fully saturated rings. The van der Waals surface area contributed by atoms with Crippen LogP contribution in [0.2, 0.25) is 0 Å². The Kier molecular flexibility index (Phi) is 4.56. The molecule has 0 amide bonds. The first kappa shape index (κ1) is 7.25. The van der Waals surface area contributed by atoms with Gasteiger partial charge in [0.1, 0.15) is 0 Å². The molecule has 0 saturated heterocycles. The van der Waals surface area contributed by atoms with Crippen LogP contribution in [-0.4, -0.2) is 16.1 Å². The van der Waals surface area contributed by atoms with E-state index in [1.165, 1.54) is 5.20 Å². The van der Waals surface area contributed by atoms with E-state index in [1.54, 1.807) is 0 Å². The summed E-state index contributed by atoms with van der Waals surface area (Å²) < 4.78 is 0. The predicted molar refractivity (Wildman–Crippen MR) is 39.0 cm³/mol. The van der Waals surface area contributed by atoms with Crippen molar-refractivity contribution < 1.29 is 0 Å². The molecule has 0 radical (unpaired) electrons. The van der Waals surface area contributed by atoms with Crippen molar-refractivity contribution in [3.05, 3.63) is 11.8 Å². The standard InChI is InChI=1S/C5H11ClSi/c1-5(7)3-2-4-6/h1-4H2,7H3. The van der Waals surface area contributed by atoms with Gasteiger partial charge in [-0.25, -0.2) is 0 Å². The monoisotopic (exact) mass is 134 g/mol. The fourth-order valence-corrected chi connectivity index (χ4v) is 0.856. The summed E-state index contributed by atoms with van der Waals surface area (Å²) >= 11 is 5.42. The SMILES string of the molecule is C=C([SiH3])CCCCl. The van der Waals surface area contributed by atoms with Gasteiger partial charge in [0.2, 0.25) is 0 Å². The van der Waals surface area contributed by atoms with E-state index in [-0.39, 0.29) is 0 Å². The molecule has 0 aliphatic rings. The first-order chi connectivity index (χ1) is 3.27. The van der Waals surface area contributed by atoms with Crippen LogP contribution in [0.3, 0.4) is 0 Å². The first-order valence-electron chi connectivity index (χ1n) is 2.47. The minimum atomic E-state index is 0.779. The van der Waals surface area contributed by atoms with Crippen molar-refractivity contribution in [2.75, 3.05) is 5.88 Å². The normalized spacial score (nSPS) is 9.29. The highest BCUT2D eigenvalue weighted by Crippen LogP contribution is 1.97. The Hall–Kier alpha value is 0.247. The Morgan fingerprint density at radius 2 is 2.29 bits per heavy atom. The van der Waals surface area contributed by atoms with Crippen molar-refractivity contribution in [2.45, 2.75) is 12.8 Å². The Bertz CT molecular complexity index is 61.1. The number of halogens is 1. The van der Waals surface area contributed by atoms with Crippen molar-refractivity contribution in [1.82, 2.24) is 0 Å². The maximum Gasteiger partial charge on any atom is 0.0325 e. The largest absolute Gasteiger partial charge is 0.127 e. The van der Waals surface area contributed by atoms with E-state index in [0.717, 1.165) is 29.0 Å². The van der Waals surface area contributed by atoms with Crippen LogP contribution >= 0.6 is 11.6 Å². The Morgan fingerprint density at radius 1 is 1.71 bits per heavy atom. The molecule has 0 nitrogen and oxygen atoms in total. The van der Waals surface area contributed by atoms with Gasteiger partial charge < -0.3 is 0 Å². The van der Waals surface area contributed by atoms with Crippen LogP contribution < -0.4 is 0 Å². The van der Waals surface area contributed by atoms with Crippen molar-refractivity contribution in [2.24, 2.45) is 0 Å². The molecule has 0 spiro atoms. The molecule has 0 aromatic rings. The second kappa shape index (κ2) is 4.41. The molecule has 7 heavy (non-hydrogen) atoms. The smallest absolute Gasteiger partial charge is 0.0325 e. The van der Waals surface area contributed by atoms with Crippen molar-refractivity contribution in [3.8, 4) is 0 Å². The van der Waals surface area contributed by atoms with Crippen molar-refractivity contribution in [1.29, 1.82) is 0 Å². The second-order valence-corrected chi connectivity index (χ2v) is 3.54. The van der Waals surface area contributed by atoms with Gasteiger partial charge in [0.15, 0.2) is 0 Å². The lowest BCUT2D eigenvalue weighted by Crippen LogP contribution is -1.79. The summed E-state index contributed by atoms with van der Waals surface area (Å²) in [6.07, 6.45) is 2.24. The van der Waals surface area contributed by atoms with Crippen LogP contribution in [0.25, 0.3) is 0 Å². The van der Waals surface area contributed by atoms with Gasteiger partial charge in [-0.15, -0.1) is 18.2 Å². The highest BCUT2D eigenvalue weighted by Gasteiger charge is 1.82. The fourth-order valence-electron chi connectivity index (χ4n) is 0.369. The van der Waals surface area contributed by atoms with E-state index in [1.807, 2.05) is 0 Å². The summed E-state index contributed by atoms with van der Waals surface area (Å²) in [6.45, 7) is 3.80. The molecule has 0 aliphatic heterocycles. The van der Waals surface area contributed by atoms with Crippen LogP contribution in [0.4, 0.5) is 0 Å². The summed E-state index contributed by atoms with van der Waals surface area (Å²) in [5.74, 6) is 0.779. The summed E-state index contributed by atoms with van der Waals surface area (Å²) in [7, 11) is 1.13. The van der Waals surface area contributed by atoms with E-state index in [4.69, 9.17) is 11.6 Å². The Labute approximate surface area is 53.0 Å². The molecule has 0 atom stereocenters. The van der Waals surface area contributed by atoms with E-state index in [2.05, 4.69) is 6.58 Å². The topological polar surface area (TPSA) is 0 Å². The van der Waals surface area contributed by atoms with Gasteiger partial charge >= 0.3 is 0 Å². The molecule has 0 rings (SSSR count). The minimum absolute atomic E-state index is 0.779. The van der Waals surface area contributed by atoms with Crippen molar-refractivity contribution in [3.63, 3.8) is 0 Å². The maximum absolute atomic E-state index is 5.42. The Balaban J connectivity index is 2.82. The quantitative estimate of drug-likeness (QED) is 0.397. The third kappa shape index (κ3) is 6.25. The first-order valence-corrected chi connectivity index (χ1v) is 4.01. The van der Waals surface area contributed by atoms with E-state index < -0.39 is 0 Å². The van der Waals surface area contributed by atoms with E-state index in [0.29, 0.717) is 0 Å². The van der Waals surface area contributed by atoms with Gasteiger partial charge in [0.25, 0.3) is 0 Å². The molecule has 0 heterocycles. The van der Waals surface area contributed by atoms with Crippen LogP contribution in [0.15, 0.2) is 11.8 Å². The lowest BCUT2D eigenvalue weighted by Gasteiger charge is -1.90. The zero-order valence-electron chi connectivity index (χ0n) is 4.71.